The van der Waals surface area contributed by atoms with Crippen LogP contribution < -0.4 is 4.90 Å². The number of benzene rings is 1. The van der Waals surface area contributed by atoms with Gasteiger partial charge in [-0.25, -0.2) is 0 Å². The van der Waals surface area contributed by atoms with E-state index in [4.69, 9.17) is 0 Å². The third-order valence-electron chi connectivity index (χ3n) is 3.97. The molecule has 1 aliphatic carbocycles. The molecule has 0 atom stereocenters. The van der Waals surface area contributed by atoms with E-state index in [1.165, 1.54) is 11.3 Å². The predicted octanol–water partition coefficient (Wildman–Crippen LogP) is 2.05. The molecular formula is C15H20N2O. The third-order valence-corrected chi connectivity index (χ3v) is 3.97. The maximum atomic E-state index is 12.0. The molecule has 0 bridgehead atoms. The third kappa shape index (κ3) is 2.22. The van der Waals surface area contributed by atoms with Crippen molar-refractivity contribution in [2.45, 2.75) is 19.8 Å². The predicted molar refractivity (Wildman–Crippen MR) is 72.7 cm³/mol. The zero-order valence-corrected chi connectivity index (χ0v) is 10.9. The minimum atomic E-state index is 0.356. The van der Waals surface area contributed by atoms with E-state index in [0.29, 0.717) is 11.8 Å². The van der Waals surface area contributed by atoms with Crippen LogP contribution in [0.5, 0.6) is 0 Å². The highest BCUT2D eigenvalue weighted by molar-refractivity contribution is 5.81. The molecule has 1 aliphatic heterocycles. The Labute approximate surface area is 108 Å². The first kappa shape index (κ1) is 11.6. The second kappa shape index (κ2) is 4.63. The first-order valence-corrected chi connectivity index (χ1v) is 6.85. The van der Waals surface area contributed by atoms with Crippen molar-refractivity contribution in [1.29, 1.82) is 0 Å². The molecule has 0 spiro atoms. The normalized spacial score (nSPS) is 20.1. The average molecular weight is 244 g/mol. The van der Waals surface area contributed by atoms with Gasteiger partial charge in [0.1, 0.15) is 0 Å². The Balaban J connectivity index is 1.63. The summed E-state index contributed by atoms with van der Waals surface area (Å²) in [7, 11) is 0. The van der Waals surface area contributed by atoms with Crippen LogP contribution in [0.25, 0.3) is 0 Å². The van der Waals surface area contributed by atoms with Crippen LogP contribution in [-0.2, 0) is 4.79 Å². The van der Waals surface area contributed by atoms with E-state index in [1.54, 1.807) is 0 Å². The maximum absolute atomic E-state index is 12.0. The molecule has 2 fully saturated rings. The number of piperazine rings is 1. The summed E-state index contributed by atoms with van der Waals surface area (Å²) in [4.78, 5) is 16.4. The van der Waals surface area contributed by atoms with Gasteiger partial charge in [0.15, 0.2) is 0 Å². The summed E-state index contributed by atoms with van der Waals surface area (Å²) in [5.74, 6) is 0.745. The van der Waals surface area contributed by atoms with Gasteiger partial charge in [0.05, 0.1) is 0 Å². The van der Waals surface area contributed by atoms with Gasteiger partial charge in [-0.1, -0.05) is 18.2 Å². The summed E-state index contributed by atoms with van der Waals surface area (Å²) in [6.07, 6.45) is 2.22. The number of carbonyl (C=O) groups is 1. The lowest BCUT2D eigenvalue weighted by Crippen LogP contribution is -2.49. The van der Waals surface area contributed by atoms with E-state index in [-0.39, 0.29) is 0 Å². The van der Waals surface area contributed by atoms with Crippen molar-refractivity contribution < 1.29 is 4.79 Å². The van der Waals surface area contributed by atoms with Crippen molar-refractivity contribution in [2.75, 3.05) is 31.1 Å². The molecule has 1 aromatic rings. The topological polar surface area (TPSA) is 23.6 Å². The molecular weight excluding hydrogens is 224 g/mol. The Morgan fingerprint density at radius 1 is 1.11 bits per heavy atom. The summed E-state index contributed by atoms with van der Waals surface area (Å²) in [5, 5.41) is 0. The van der Waals surface area contributed by atoms with Crippen molar-refractivity contribution >= 4 is 11.6 Å². The van der Waals surface area contributed by atoms with Crippen LogP contribution in [0, 0.1) is 12.8 Å². The van der Waals surface area contributed by atoms with Crippen LogP contribution in [0.15, 0.2) is 24.3 Å². The number of hydrogen-bond donors (Lipinski definition) is 0. The number of aryl methyl sites for hydroxylation is 1. The van der Waals surface area contributed by atoms with E-state index in [2.05, 4.69) is 36.1 Å². The smallest absolute Gasteiger partial charge is 0.225 e. The molecule has 3 nitrogen and oxygen atoms in total. The number of rotatable bonds is 2. The Hall–Kier alpha value is -1.51. The highest BCUT2D eigenvalue weighted by atomic mass is 16.2. The quantitative estimate of drug-likeness (QED) is 0.795. The van der Waals surface area contributed by atoms with Gasteiger partial charge in [-0.2, -0.15) is 0 Å². The summed E-state index contributed by atoms with van der Waals surface area (Å²) in [6, 6.07) is 8.49. The minimum Gasteiger partial charge on any atom is -0.368 e. The molecule has 1 saturated heterocycles. The Morgan fingerprint density at radius 3 is 2.39 bits per heavy atom. The van der Waals surface area contributed by atoms with E-state index in [9.17, 15) is 4.79 Å². The fraction of sp³-hybridized carbons (Fsp3) is 0.533. The fourth-order valence-corrected chi connectivity index (χ4v) is 2.67. The van der Waals surface area contributed by atoms with Gasteiger partial charge in [0.25, 0.3) is 0 Å². The lowest BCUT2D eigenvalue weighted by Gasteiger charge is -2.37. The van der Waals surface area contributed by atoms with Crippen molar-refractivity contribution in [2.24, 2.45) is 5.92 Å². The van der Waals surface area contributed by atoms with Crippen molar-refractivity contribution in [3.05, 3.63) is 29.8 Å². The van der Waals surface area contributed by atoms with Crippen LogP contribution in [0.3, 0.4) is 0 Å². The summed E-state index contributed by atoms with van der Waals surface area (Å²) >= 11 is 0. The standard InChI is InChI=1S/C15H20N2O/c1-12-4-2-3-5-14(12)16-8-10-17(11-9-16)15(18)13-6-7-13/h2-5,13H,6-11H2,1H3. The maximum Gasteiger partial charge on any atom is 0.225 e. The largest absolute Gasteiger partial charge is 0.368 e. The first-order valence-electron chi connectivity index (χ1n) is 6.85. The molecule has 0 radical (unpaired) electrons. The number of anilines is 1. The summed E-state index contributed by atoms with van der Waals surface area (Å²) in [6.45, 7) is 5.83. The van der Waals surface area contributed by atoms with Crippen LogP contribution in [0.1, 0.15) is 18.4 Å². The van der Waals surface area contributed by atoms with E-state index >= 15 is 0 Å². The van der Waals surface area contributed by atoms with Crippen molar-refractivity contribution in [1.82, 2.24) is 4.90 Å². The molecule has 0 N–H and O–H groups in total. The van der Waals surface area contributed by atoms with Gasteiger partial charge < -0.3 is 9.80 Å². The molecule has 0 aromatic heterocycles. The molecule has 1 heterocycles. The number of amides is 1. The second-order valence-electron chi connectivity index (χ2n) is 5.37. The fourth-order valence-electron chi connectivity index (χ4n) is 2.67. The van der Waals surface area contributed by atoms with Crippen molar-refractivity contribution in [3.63, 3.8) is 0 Å². The van der Waals surface area contributed by atoms with Crippen LogP contribution in [0.4, 0.5) is 5.69 Å². The van der Waals surface area contributed by atoms with Crippen LogP contribution >= 0.6 is 0 Å². The van der Waals surface area contributed by atoms with Gasteiger partial charge in [-0.15, -0.1) is 0 Å². The molecule has 1 saturated carbocycles. The van der Waals surface area contributed by atoms with Gasteiger partial charge >= 0.3 is 0 Å². The lowest BCUT2D eigenvalue weighted by molar-refractivity contribution is -0.132. The minimum absolute atomic E-state index is 0.356. The van der Waals surface area contributed by atoms with Crippen molar-refractivity contribution in [3.8, 4) is 0 Å². The number of hydrogen-bond acceptors (Lipinski definition) is 2. The average Bonchev–Trinajstić information content (AvgIpc) is 3.23. The summed E-state index contributed by atoms with van der Waals surface area (Å²) < 4.78 is 0. The first-order chi connectivity index (χ1) is 8.75. The van der Waals surface area contributed by atoms with Crippen LogP contribution in [-0.4, -0.2) is 37.0 Å². The van der Waals surface area contributed by atoms with Gasteiger partial charge in [0, 0.05) is 37.8 Å². The summed E-state index contributed by atoms with van der Waals surface area (Å²) in [5.41, 5.74) is 2.63. The Kier molecular flexibility index (Phi) is 2.98. The molecule has 3 rings (SSSR count). The highest BCUT2D eigenvalue weighted by Gasteiger charge is 2.34. The monoisotopic (exact) mass is 244 g/mol. The molecule has 2 aliphatic rings. The lowest BCUT2D eigenvalue weighted by atomic mass is 10.1. The molecule has 1 aromatic carbocycles. The van der Waals surface area contributed by atoms with Gasteiger partial charge in [-0.3, -0.25) is 4.79 Å². The second-order valence-corrected chi connectivity index (χ2v) is 5.37. The van der Waals surface area contributed by atoms with Crippen LogP contribution in [0.2, 0.25) is 0 Å². The Morgan fingerprint density at radius 2 is 1.78 bits per heavy atom. The molecule has 0 unspecified atom stereocenters. The SMILES string of the molecule is Cc1ccccc1N1CCN(C(=O)C2CC2)CC1. The van der Waals surface area contributed by atoms with Gasteiger partial charge in [0.2, 0.25) is 5.91 Å². The van der Waals surface area contributed by atoms with E-state index < -0.39 is 0 Å². The molecule has 96 valence electrons. The van der Waals surface area contributed by atoms with E-state index in [0.717, 1.165) is 39.0 Å². The zero-order chi connectivity index (χ0) is 12.5. The number of carbonyl (C=O) groups excluding carboxylic acids is 1. The highest BCUT2D eigenvalue weighted by Crippen LogP contribution is 2.31. The molecule has 3 heteroatoms. The Bertz CT molecular complexity index is 446. The van der Waals surface area contributed by atoms with Gasteiger partial charge in [-0.05, 0) is 31.4 Å². The zero-order valence-electron chi connectivity index (χ0n) is 10.9. The number of para-hydroxylation sites is 1. The number of nitrogens with zero attached hydrogens (tertiary/aromatic N) is 2. The molecule has 18 heavy (non-hydrogen) atoms. The molecule has 1 amide bonds. The van der Waals surface area contributed by atoms with E-state index in [1.807, 2.05) is 4.90 Å².